The summed E-state index contributed by atoms with van der Waals surface area (Å²) >= 11 is 0. The van der Waals surface area contributed by atoms with E-state index in [1.165, 1.54) is 13.8 Å². The third kappa shape index (κ3) is 3.61. The Bertz CT molecular complexity index is 479. The number of ketones is 1. The molecule has 6 heteroatoms. The molecule has 18 heavy (non-hydrogen) atoms. The standard InChI is InChI=1S/C12H13N3O3/c1-8(16)11(14-15-13)9(2)18-12(17)10-6-4-3-5-7-10/h3-7,9,11H,1-2H3/t9-,11+/m1/s1. The minimum Gasteiger partial charge on any atom is -0.458 e. The van der Waals surface area contributed by atoms with Crippen LogP contribution in [0.1, 0.15) is 24.2 Å². The molecule has 0 aliphatic rings. The van der Waals surface area contributed by atoms with Crippen LogP contribution >= 0.6 is 0 Å². The lowest BCUT2D eigenvalue weighted by Crippen LogP contribution is -2.32. The van der Waals surface area contributed by atoms with E-state index in [1.807, 2.05) is 0 Å². The van der Waals surface area contributed by atoms with Crippen molar-refractivity contribution < 1.29 is 14.3 Å². The minimum atomic E-state index is -0.998. The molecule has 0 bridgehead atoms. The number of hydrogen-bond acceptors (Lipinski definition) is 4. The molecule has 0 amide bonds. The van der Waals surface area contributed by atoms with Crippen molar-refractivity contribution in [3.8, 4) is 0 Å². The first kappa shape index (κ1) is 13.7. The predicted molar refractivity (Wildman–Crippen MR) is 64.9 cm³/mol. The molecule has 0 aliphatic heterocycles. The summed E-state index contributed by atoms with van der Waals surface area (Å²) < 4.78 is 5.09. The van der Waals surface area contributed by atoms with Gasteiger partial charge in [0.05, 0.1) is 5.56 Å². The zero-order valence-corrected chi connectivity index (χ0v) is 10.1. The average molecular weight is 247 g/mol. The number of Topliss-reactive ketones (excluding diaryl/α,β-unsaturated/α-hetero) is 1. The largest absolute Gasteiger partial charge is 0.458 e. The monoisotopic (exact) mass is 247 g/mol. The predicted octanol–water partition coefficient (Wildman–Crippen LogP) is 2.50. The highest BCUT2D eigenvalue weighted by atomic mass is 16.5. The van der Waals surface area contributed by atoms with Gasteiger partial charge in [-0.2, -0.15) is 0 Å². The first-order chi connectivity index (χ1) is 8.56. The summed E-state index contributed by atoms with van der Waals surface area (Å²) in [5.41, 5.74) is 8.73. The lowest BCUT2D eigenvalue weighted by molar-refractivity contribution is -0.120. The van der Waals surface area contributed by atoms with E-state index < -0.39 is 18.1 Å². The van der Waals surface area contributed by atoms with Crippen LogP contribution in [0, 0.1) is 0 Å². The highest BCUT2D eigenvalue weighted by Gasteiger charge is 2.24. The highest BCUT2D eigenvalue weighted by Crippen LogP contribution is 2.09. The Kier molecular flexibility index (Phi) is 4.90. The minimum absolute atomic E-state index is 0.346. The van der Waals surface area contributed by atoms with E-state index in [0.717, 1.165) is 0 Å². The first-order valence-corrected chi connectivity index (χ1v) is 5.37. The van der Waals surface area contributed by atoms with Crippen LogP contribution in [0.5, 0.6) is 0 Å². The number of nitrogens with zero attached hydrogens (tertiary/aromatic N) is 3. The molecule has 0 spiro atoms. The summed E-state index contributed by atoms with van der Waals surface area (Å²) in [6.07, 6.45) is -0.800. The molecule has 1 rings (SSSR count). The Morgan fingerprint density at radius 1 is 1.33 bits per heavy atom. The van der Waals surface area contributed by atoms with Gasteiger partial charge in [-0.05, 0) is 31.5 Å². The van der Waals surface area contributed by atoms with E-state index in [9.17, 15) is 9.59 Å². The molecule has 0 unspecified atom stereocenters. The maximum absolute atomic E-state index is 11.7. The van der Waals surface area contributed by atoms with Gasteiger partial charge >= 0.3 is 5.97 Å². The van der Waals surface area contributed by atoms with Gasteiger partial charge in [0.25, 0.3) is 0 Å². The van der Waals surface area contributed by atoms with Gasteiger partial charge in [-0.15, -0.1) is 0 Å². The summed E-state index contributed by atoms with van der Waals surface area (Å²) in [4.78, 5) is 25.5. The maximum atomic E-state index is 11.7. The molecular weight excluding hydrogens is 234 g/mol. The molecular formula is C12H13N3O3. The fraction of sp³-hybridized carbons (Fsp3) is 0.333. The van der Waals surface area contributed by atoms with Crippen molar-refractivity contribution in [2.45, 2.75) is 26.0 Å². The van der Waals surface area contributed by atoms with Crippen molar-refractivity contribution in [2.75, 3.05) is 0 Å². The molecule has 6 nitrogen and oxygen atoms in total. The molecule has 0 radical (unpaired) electrons. The van der Waals surface area contributed by atoms with Crippen molar-refractivity contribution in [3.63, 3.8) is 0 Å². The SMILES string of the molecule is CC(=O)[C@H](N=[N+]=[N-])[C@@H](C)OC(=O)c1ccccc1. The van der Waals surface area contributed by atoms with E-state index >= 15 is 0 Å². The van der Waals surface area contributed by atoms with Crippen molar-refractivity contribution in [1.29, 1.82) is 0 Å². The number of carbonyl (C=O) groups excluding carboxylic acids is 2. The van der Waals surface area contributed by atoms with Crippen LogP contribution in [0.2, 0.25) is 0 Å². The van der Waals surface area contributed by atoms with Crippen molar-refractivity contribution >= 4 is 11.8 Å². The van der Waals surface area contributed by atoms with Crippen molar-refractivity contribution in [1.82, 2.24) is 0 Å². The Balaban J connectivity index is 2.75. The number of hydrogen-bond donors (Lipinski definition) is 0. The maximum Gasteiger partial charge on any atom is 0.338 e. The lowest BCUT2D eigenvalue weighted by Gasteiger charge is -2.17. The third-order valence-electron chi connectivity index (χ3n) is 2.34. The average Bonchev–Trinajstić information content (AvgIpc) is 2.36. The van der Waals surface area contributed by atoms with Gasteiger partial charge in [-0.1, -0.05) is 23.3 Å². The molecule has 94 valence electrons. The van der Waals surface area contributed by atoms with E-state index in [1.54, 1.807) is 30.3 Å². The molecule has 1 aromatic carbocycles. The molecule has 0 heterocycles. The number of rotatable bonds is 5. The third-order valence-corrected chi connectivity index (χ3v) is 2.34. The summed E-state index contributed by atoms with van der Waals surface area (Å²) in [5.74, 6) is -0.899. The van der Waals surface area contributed by atoms with Crippen LogP contribution in [0.3, 0.4) is 0 Å². The summed E-state index contributed by atoms with van der Waals surface area (Å²) in [5, 5.41) is 3.32. The smallest absolute Gasteiger partial charge is 0.338 e. The number of ether oxygens (including phenoxy) is 1. The van der Waals surface area contributed by atoms with Gasteiger partial charge in [0, 0.05) is 4.91 Å². The summed E-state index contributed by atoms with van der Waals surface area (Å²) in [6.45, 7) is 2.80. The quantitative estimate of drug-likeness (QED) is 0.346. The number of azide groups is 1. The van der Waals surface area contributed by atoms with Crippen LogP contribution in [0.25, 0.3) is 10.4 Å². The van der Waals surface area contributed by atoms with Crippen LogP contribution in [-0.4, -0.2) is 23.9 Å². The Morgan fingerprint density at radius 2 is 1.94 bits per heavy atom. The molecule has 0 aromatic heterocycles. The first-order valence-electron chi connectivity index (χ1n) is 5.37. The molecule has 0 saturated carbocycles. The molecule has 0 fully saturated rings. The lowest BCUT2D eigenvalue weighted by atomic mass is 10.1. The van der Waals surface area contributed by atoms with Crippen LogP contribution in [0.15, 0.2) is 35.4 Å². The molecule has 1 aromatic rings. The van der Waals surface area contributed by atoms with Gasteiger partial charge in [0.15, 0.2) is 0 Å². The molecule has 0 N–H and O–H groups in total. The zero-order chi connectivity index (χ0) is 13.5. The van der Waals surface area contributed by atoms with Crippen molar-refractivity contribution in [2.24, 2.45) is 5.11 Å². The van der Waals surface area contributed by atoms with Crippen LogP contribution in [0.4, 0.5) is 0 Å². The van der Waals surface area contributed by atoms with E-state index in [4.69, 9.17) is 10.3 Å². The number of carbonyl (C=O) groups is 2. The van der Waals surface area contributed by atoms with Crippen molar-refractivity contribution in [3.05, 3.63) is 46.3 Å². The summed E-state index contributed by atoms with van der Waals surface area (Å²) in [6, 6.07) is 7.39. The van der Waals surface area contributed by atoms with Gasteiger partial charge in [-0.3, -0.25) is 4.79 Å². The summed E-state index contributed by atoms with van der Waals surface area (Å²) in [7, 11) is 0. The number of benzene rings is 1. The van der Waals surface area contributed by atoms with Gasteiger partial charge in [0.1, 0.15) is 17.9 Å². The Hall–Kier alpha value is -2.33. The fourth-order valence-corrected chi connectivity index (χ4v) is 1.44. The fourth-order valence-electron chi connectivity index (χ4n) is 1.44. The second-order valence-electron chi connectivity index (χ2n) is 3.74. The Labute approximate surface area is 104 Å². The van der Waals surface area contributed by atoms with Gasteiger partial charge in [0.2, 0.25) is 0 Å². The topological polar surface area (TPSA) is 92.1 Å². The van der Waals surface area contributed by atoms with Gasteiger partial charge < -0.3 is 4.74 Å². The zero-order valence-electron chi connectivity index (χ0n) is 10.1. The van der Waals surface area contributed by atoms with E-state index in [0.29, 0.717) is 5.56 Å². The molecule has 0 saturated heterocycles. The second kappa shape index (κ2) is 6.42. The van der Waals surface area contributed by atoms with E-state index in [-0.39, 0.29) is 5.78 Å². The van der Waals surface area contributed by atoms with Crippen LogP contribution < -0.4 is 0 Å². The molecule has 0 aliphatic carbocycles. The highest BCUT2D eigenvalue weighted by molar-refractivity contribution is 5.90. The van der Waals surface area contributed by atoms with Gasteiger partial charge in [-0.25, -0.2) is 4.79 Å². The normalized spacial score (nSPS) is 13.0. The van der Waals surface area contributed by atoms with E-state index in [2.05, 4.69) is 10.0 Å². The molecule has 2 atom stereocenters. The number of esters is 1. The second-order valence-corrected chi connectivity index (χ2v) is 3.74. The van der Waals surface area contributed by atoms with Crippen LogP contribution in [-0.2, 0) is 9.53 Å². The Morgan fingerprint density at radius 3 is 2.44 bits per heavy atom.